The smallest absolute Gasteiger partial charge is 0.475 e. The van der Waals surface area contributed by atoms with Gasteiger partial charge in [-0.2, -0.15) is 26.3 Å². The third-order valence-electron chi connectivity index (χ3n) is 0.485. The number of rotatable bonds is 0. The average molecular weight is 334 g/mol. The zero-order valence-electron chi connectivity index (χ0n) is 6.29. The Morgan fingerprint density at radius 3 is 0.800 bits per heavy atom. The SMILES string of the molecule is O=C(O)C(F)(F)F.O=C(O)C(F)(F)F.[Pd+2]. The summed E-state index contributed by atoms with van der Waals surface area (Å²) < 4.78 is 63.5. The Labute approximate surface area is 91.5 Å². The van der Waals surface area contributed by atoms with Crippen LogP contribution in [0.2, 0.25) is 0 Å². The van der Waals surface area contributed by atoms with Gasteiger partial charge in [-0.3, -0.25) is 0 Å². The van der Waals surface area contributed by atoms with Gasteiger partial charge in [0.2, 0.25) is 0 Å². The van der Waals surface area contributed by atoms with Gasteiger partial charge in [-0.05, 0) is 0 Å². The van der Waals surface area contributed by atoms with Gasteiger partial charge >= 0.3 is 44.7 Å². The maximum absolute atomic E-state index is 10.6. The summed E-state index contributed by atoms with van der Waals surface area (Å²) in [6.07, 6.45) is -10.2. The third kappa shape index (κ3) is 13.2. The second-order valence-corrected chi connectivity index (χ2v) is 1.61. The molecule has 0 aliphatic heterocycles. The van der Waals surface area contributed by atoms with Crippen molar-refractivity contribution in [2.45, 2.75) is 12.4 Å². The zero-order chi connectivity index (χ0) is 12.2. The van der Waals surface area contributed by atoms with Gasteiger partial charge in [0, 0.05) is 0 Å². The first-order chi connectivity index (χ1) is 5.89. The molecule has 0 unspecified atom stereocenters. The summed E-state index contributed by atoms with van der Waals surface area (Å²) in [5, 5.41) is 14.2. The van der Waals surface area contributed by atoms with E-state index < -0.39 is 24.3 Å². The van der Waals surface area contributed by atoms with Crippen molar-refractivity contribution in [2.24, 2.45) is 0 Å². The molecule has 4 nitrogen and oxygen atoms in total. The molecule has 0 spiro atoms. The summed E-state index contributed by atoms with van der Waals surface area (Å²) in [7, 11) is 0. The van der Waals surface area contributed by atoms with E-state index in [1.54, 1.807) is 0 Å². The van der Waals surface area contributed by atoms with Crippen LogP contribution < -0.4 is 0 Å². The van der Waals surface area contributed by atoms with Crippen molar-refractivity contribution in [3.63, 3.8) is 0 Å². The predicted molar refractivity (Wildman–Crippen MR) is 27.4 cm³/mol. The van der Waals surface area contributed by atoms with Crippen LogP contribution in [-0.4, -0.2) is 34.5 Å². The molecular formula is C4H2F6O4Pd+2. The summed E-state index contributed by atoms with van der Waals surface area (Å²) in [5.74, 6) is -5.51. The number of alkyl halides is 6. The molecule has 0 saturated heterocycles. The van der Waals surface area contributed by atoms with E-state index in [9.17, 15) is 26.3 Å². The largest absolute Gasteiger partial charge is 2.00 e. The summed E-state index contributed by atoms with van der Waals surface area (Å²) in [5.41, 5.74) is 0. The molecule has 0 amide bonds. The fourth-order valence-corrected chi connectivity index (χ4v) is 0. The Morgan fingerprint density at radius 1 is 0.733 bits per heavy atom. The van der Waals surface area contributed by atoms with Crippen LogP contribution in [0.15, 0.2) is 0 Å². The van der Waals surface area contributed by atoms with E-state index in [2.05, 4.69) is 0 Å². The van der Waals surface area contributed by atoms with Gasteiger partial charge in [-0.25, -0.2) is 9.59 Å². The molecule has 0 heterocycles. The van der Waals surface area contributed by atoms with E-state index in [4.69, 9.17) is 19.8 Å². The van der Waals surface area contributed by atoms with Crippen LogP contribution in [0.4, 0.5) is 26.3 Å². The van der Waals surface area contributed by atoms with Crippen molar-refractivity contribution in [2.75, 3.05) is 0 Å². The summed E-state index contributed by atoms with van der Waals surface area (Å²) >= 11 is 0. The zero-order valence-corrected chi connectivity index (χ0v) is 7.85. The standard InChI is InChI=1S/2C2HF3O2.Pd/c2*3-2(4,5)1(6)7;/h2*(H,6,7);/q;;+2. The van der Waals surface area contributed by atoms with Crippen molar-refractivity contribution in [1.82, 2.24) is 0 Å². The summed E-state index contributed by atoms with van der Waals surface area (Å²) in [4.78, 5) is 17.8. The predicted octanol–water partition coefficient (Wildman–Crippen LogP) is 1.26. The Morgan fingerprint density at radius 2 is 0.800 bits per heavy atom. The molecular weight excluding hydrogens is 332 g/mol. The first kappa shape index (κ1) is 19.7. The first-order valence-corrected chi connectivity index (χ1v) is 2.49. The molecule has 0 radical (unpaired) electrons. The average Bonchev–Trinajstić information content (AvgIpc) is 1.83. The maximum atomic E-state index is 10.6. The van der Waals surface area contributed by atoms with Gasteiger partial charge in [0.05, 0.1) is 0 Å². The molecule has 0 aromatic heterocycles. The normalized spacial score (nSPS) is 10.5. The Hall–Kier alpha value is -0.818. The Bertz CT molecular complexity index is 196. The fourth-order valence-electron chi connectivity index (χ4n) is 0. The molecule has 0 aliphatic rings. The molecule has 11 heteroatoms. The van der Waals surface area contributed by atoms with Crippen LogP contribution in [-0.2, 0) is 30.0 Å². The molecule has 0 atom stereocenters. The minimum absolute atomic E-state index is 0. The second kappa shape index (κ2) is 6.63. The first-order valence-electron chi connectivity index (χ1n) is 2.49. The third-order valence-corrected chi connectivity index (χ3v) is 0.485. The van der Waals surface area contributed by atoms with Gasteiger partial charge in [0.1, 0.15) is 0 Å². The maximum Gasteiger partial charge on any atom is 2.00 e. The molecule has 0 aromatic rings. The number of aliphatic carboxylic acids is 2. The molecule has 0 aliphatic carbocycles. The number of halogens is 6. The van der Waals surface area contributed by atoms with Gasteiger partial charge in [-0.1, -0.05) is 0 Å². The minimum Gasteiger partial charge on any atom is -0.475 e. The van der Waals surface area contributed by atoms with E-state index in [0.29, 0.717) is 0 Å². The fraction of sp³-hybridized carbons (Fsp3) is 0.500. The molecule has 0 rings (SSSR count). The van der Waals surface area contributed by atoms with Gasteiger partial charge in [0.25, 0.3) is 0 Å². The molecule has 15 heavy (non-hydrogen) atoms. The minimum atomic E-state index is -5.08. The van der Waals surface area contributed by atoms with Crippen LogP contribution in [0.1, 0.15) is 0 Å². The van der Waals surface area contributed by atoms with Crippen molar-refractivity contribution in [3.05, 3.63) is 0 Å². The van der Waals surface area contributed by atoms with Gasteiger partial charge in [0.15, 0.2) is 0 Å². The van der Waals surface area contributed by atoms with E-state index in [1.165, 1.54) is 0 Å². The monoisotopic (exact) mass is 334 g/mol. The summed E-state index contributed by atoms with van der Waals surface area (Å²) in [6, 6.07) is 0. The van der Waals surface area contributed by atoms with Crippen LogP contribution >= 0.6 is 0 Å². The topological polar surface area (TPSA) is 74.6 Å². The van der Waals surface area contributed by atoms with Crippen LogP contribution in [0.5, 0.6) is 0 Å². The number of carboxylic acids is 2. The van der Waals surface area contributed by atoms with Gasteiger partial charge < -0.3 is 10.2 Å². The van der Waals surface area contributed by atoms with E-state index in [1.807, 2.05) is 0 Å². The van der Waals surface area contributed by atoms with E-state index >= 15 is 0 Å². The molecule has 0 fully saturated rings. The van der Waals surface area contributed by atoms with Crippen LogP contribution in [0, 0.1) is 0 Å². The Balaban J connectivity index is -0.000000180. The second-order valence-electron chi connectivity index (χ2n) is 1.61. The number of hydrogen-bond donors (Lipinski definition) is 2. The number of carboxylic acid groups (broad SMARTS) is 2. The quantitative estimate of drug-likeness (QED) is 0.517. The van der Waals surface area contributed by atoms with Crippen LogP contribution in [0.3, 0.4) is 0 Å². The van der Waals surface area contributed by atoms with Crippen molar-refractivity contribution >= 4 is 11.9 Å². The molecule has 0 bridgehead atoms. The molecule has 0 aromatic carbocycles. The molecule has 2 N–H and O–H groups in total. The van der Waals surface area contributed by atoms with Crippen molar-refractivity contribution in [1.29, 1.82) is 0 Å². The Kier molecular flexibility index (Phi) is 8.71. The summed E-state index contributed by atoms with van der Waals surface area (Å²) in [6.45, 7) is 0. The van der Waals surface area contributed by atoms with Crippen molar-refractivity contribution in [3.8, 4) is 0 Å². The van der Waals surface area contributed by atoms with Gasteiger partial charge in [-0.15, -0.1) is 0 Å². The van der Waals surface area contributed by atoms with E-state index in [0.717, 1.165) is 0 Å². The van der Waals surface area contributed by atoms with E-state index in [-0.39, 0.29) is 20.4 Å². The van der Waals surface area contributed by atoms with Crippen molar-refractivity contribution < 1.29 is 66.6 Å². The number of hydrogen-bond acceptors (Lipinski definition) is 2. The molecule has 92 valence electrons. The molecule has 0 saturated carbocycles. The van der Waals surface area contributed by atoms with Crippen LogP contribution in [0.25, 0.3) is 0 Å². The number of carbonyl (C=O) groups is 2.